The zero-order valence-electron chi connectivity index (χ0n) is 14.8. The van der Waals surface area contributed by atoms with Crippen LogP contribution in [0.3, 0.4) is 0 Å². The standard InChI is InChI=1S/C20H24ClNO2/c1-19(2,3)14-10-12-15(13-11-14)24-20(4,5)18(23)22-17-9-7-6-8-16(17)21/h6-13H,1-5H3,(H,22,23). The lowest BCUT2D eigenvalue weighted by atomic mass is 9.87. The topological polar surface area (TPSA) is 38.3 Å². The highest BCUT2D eigenvalue weighted by molar-refractivity contribution is 6.33. The van der Waals surface area contributed by atoms with Crippen LogP contribution >= 0.6 is 11.6 Å². The molecule has 0 unspecified atom stereocenters. The number of halogens is 1. The molecular formula is C20H24ClNO2. The monoisotopic (exact) mass is 345 g/mol. The normalized spacial score (nSPS) is 11.9. The summed E-state index contributed by atoms with van der Waals surface area (Å²) in [6.07, 6.45) is 0. The largest absolute Gasteiger partial charge is 0.478 e. The van der Waals surface area contributed by atoms with Crippen LogP contribution in [0.5, 0.6) is 5.75 Å². The van der Waals surface area contributed by atoms with Gasteiger partial charge in [-0.15, -0.1) is 0 Å². The fourth-order valence-corrected chi connectivity index (χ4v) is 2.38. The van der Waals surface area contributed by atoms with Crippen molar-refractivity contribution in [3.63, 3.8) is 0 Å². The zero-order valence-corrected chi connectivity index (χ0v) is 15.6. The lowest BCUT2D eigenvalue weighted by Crippen LogP contribution is -2.42. The fourth-order valence-electron chi connectivity index (χ4n) is 2.20. The zero-order chi connectivity index (χ0) is 18.0. The molecule has 0 aliphatic heterocycles. The molecule has 24 heavy (non-hydrogen) atoms. The number of anilines is 1. The van der Waals surface area contributed by atoms with E-state index in [1.165, 1.54) is 5.56 Å². The molecule has 0 heterocycles. The maximum Gasteiger partial charge on any atom is 0.268 e. The van der Waals surface area contributed by atoms with Gasteiger partial charge in [0.05, 0.1) is 10.7 Å². The van der Waals surface area contributed by atoms with E-state index in [-0.39, 0.29) is 11.3 Å². The summed E-state index contributed by atoms with van der Waals surface area (Å²) in [4.78, 5) is 12.5. The van der Waals surface area contributed by atoms with E-state index in [2.05, 4.69) is 26.1 Å². The van der Waals surface area contributed by atoms with Gasteiger partial charge >= 0.3 is 0 Å². The Bertz CT molecular complexity index is 715. The second-order valence-electron chi connectivity index (χ2n) is 7.32. The van der Waals surface area contributed by atoms with Crippen LogP contribution in [0.4, 0.5) is 5.69 Å². The number of carbonyl (C=O) groups is 1. The molecule has 1 amide bonds. The van der Waals surface area contributed by atoms with Crippen LogP contribution in [0, 0.1) is 0 Å². The highest BCUT2D eigenvalue weighted by Gasteiger charge is 2.30. The van der Waals surface area contributed by atoms with Crippen LogP contribution < -0.4 is 10.1 Å². The molecule has 0 spiro atoms. The Labute approximate surface area is 149 Å². The number of benzene rings is 2. The van der Waals surface area contributed by atoms with Gasteiger partial charge < -0.3 is 10.1 Å². The minimum absolute atomic E-state index is 0.0789. The lowest BCUT2D eigenvalue weighted by molar-refractivity contribution is -0.128. The molecule has 0 bridgehead atoms. The molecule has 0 fully saturated rings. The van der Waals surface area contributed by atoms with Crippen LogP contribution in [0.15, 0.2) is 48.5 Å². The molecule has 2 rings (SSSR count). The third-order valence-electron chi connectivity index (χ3n) is 3.76. The molecule has 0 saturated heterocycles. The van der Waals surface area contributed by atoms with Gasteiger partial charge in [0, 0.05) is 0 Å². The van der Waals surface area contributed by atoms with Crippen molar-refractivity contribution in [1.29, 1.82) is 0 Å². The van der Waals surface area contributed by atoms with Crippen molar-refractivity contribution < 1.29 is 9.53 Å². The van der Waals surface area contributed by atoms with Gasteiger partial charge in [-0.1, -0.05) is 56.6 Å². The number of para-hydroxylation sites is 1. The van der Waals surface area contributed by atoms with E-state index in [4.69, 9.17) is 16.3 Å². The fraction of sp³-hybridized carbons (Fsp3) is 0.350. The van der Waals surface area contributed by atoms with Crippen LogP contribution in [-0.4, -0.2) is 11.5 Å². The summed E-state index contributed by atoms with van der Waals surface area (Å²) >= 11 is 6.08. The SMILES string of the molecule is CC(C)(Oc1ccc(C(C)(C)C)cc1)C(=O)Nc1ccccc1Cl. The first kappa shape index (κ1) is 18.3. The van der Waals surface area contributed by atoms with Crippen molar-refractivity contribution in [2.24, 2.45) is 0 Å². The van der Waals surface area contributed by atoms with E-state index in [0.29, 0.717) is 16.5 Å². The van der Waals surface area contributed by atoms with E-state index >= 15 is 0 Å². The predicted octanol–water partition coefficient (Wildman–Crippen LogP) is 5.43. The minimum atomic E-state index is -1.03. The molecule has 3 nitrogen and oxygen atoms in total. The Kier molecular flexibility index (Phi) is 5.24. The Morgan fingerprint density at radius 1 is 0.958 bits per heavy atom. The Morgan fingerprint density at radius 2 is 1.54 bits per heavy atom. The Morgan fingerprint density at radius 3 is 2.08 bits per heavy atom. The summed E-state index contributed by atoms with van der Waals surface area (Å²) in [7, 11) is 0. The van der Waals surface area contributed by atoms with Gasteiger partial charge in [0.25, 0.3) is 5.91 Å². The van der Waals surface area contributed by atoms with Gasteiger partial charge in [-0.05, 0) is 49.1 Å². The molecule has 2 aromatic carbocycles. The summed E-state index contributed by atoms with van der Waals surface area (Å²) < 4.78 is 5.89. The molecular weight excluding hydrogens is 322 g/mol. The smallest absolute Gasteiger partial charge is 0.268 e. The molecule has 0 radical (unpaired) electrons. The average molecular weight is 346 g/mol. The van der Waals surface area contributed by atoms with E-state index in [1.54, 1.807) is 26.0 Å². The van der Waals surface area contributed by atoms with Gasteiger partial charge in [0.15, 0.2) is 5.60 Å². The third kappa shape index (κ3) is 4.51. The molecule has 0 aliphatic carbocycles. The average Bonchev–Trinajstić information content (AvgIpc) is 2.48. The van der Waals surface area contributed by atoms with Crippen molar-refractivity contribution in [3.8, 4) is 5.75 Å². The Balaban J connectivity index is 2.10. The minimum Gasteiger partial charge on any atom is -0.478 e. The van der Waals surface area contributed by atoms with Crippen molar-refractivity contribution in [3.05, 3.63) is 59.1 Å². The maximum atomic E-state index is 12.5. The summed E-state index contributed by atoms with van der Waals surface area (Å²) in [5.74, 6) is 0.401. The Hall–Kier alpha value is -2.00. The molecule has 0 aliphatic rings. The number of rotatable bonds is 4. The predicted molar refractivity (Wildman–Crippen MR) is 99.9 cm³/mol. The van der Waals surface area contributed by atoms with Crippen LogP contribution in [-0.2, 0) is 10.2 Å². The molecule has 4 heteroatoms. The van der Waals surface area contributed by atoms with E-state index in [0.717, 1.165) is 0 Å². The number of hydrogen-bond donors (Lipinski definition) is 1. The van der Waals surface area contributed by atoms with E-state index in [1.807, 2.05) is 36.4 Å². The summed E-state index contributed by atoms with van der Waals surface area (Å²) in [6, 6.07) is 15.0. The summed E-state index contributed by atoms with van der Waals surface area (Å²) in [6.45, 7) is 9.94. The molecule has 0 saturated carbocycles. The van der Waals surface area contributed by atoms with Gasteiger partial charge in [0.1, 0.15) is 5.75 Å². The second-order valence-corrected chi connectivity index (χ2v) is 7.73. The lowest BCUT2D eigenvalue weighted by Gasteiger charge is -2.26. The van der Waals surface area contributed by atoms with Crippen LogP contribution in [0.1, 0.15) is 40.2 Å². The number of carbonyl (C=O) groups excluding carboxylic acids is 1. The van der Waals surface area contributed by atoms with E-state index < -0.39 is 5.60 Å². The number of amides is 1. The first-order valence-corrected chi connectivity index (χ1v) is 8.33. The summed E-state index contributed by atoms with van der Waals surface area (Å²) in [5.41, 5.74) is 0.842. The van der Waals surface area contributed by atoms with Gasteiger partial charge in [-0.25, -0.2) is 0 Å². The summed E-state index contributed by atoms with van der Waals surface area (Å²) in [5, 5.41) is 3.31. The molecule has 0 aromatic heterocycles. The highest BCUT2D eigenvalue weighted by atomic mass is 35.5. The molecule has 1 N–H and O–H groups in total. The van der Waals surface area contributed by atoms with Gasteiger partial charge in [0.2, 0.25) is 0 Å². The number of hydrogen-bond acceptors (Lipinski definition) is 2. The van der Waals surface area contributed by atoms with Crippen molar-refractivity contribution in [2.45, 2.75) is 45.6 Å². The molecule has 128 valence electrons. The van der Waals surface area contributed by atoms with Crippen molar-refractivity contribution in [1.82, 2.24) is 0 Å². The molecule has 0 atom stereocenters. The first-order chi connectivity index (χ1) is 11.1. The quantitative estimate of drug-likeness (QED) is 0.801. The van der Waals surface area contributed by atoms with Gasteiger partial charge in [-0.2, -0.15) is 0 Å². The van der Waals surface area contributed by atoms with Crippen LogP contribution in [0.25, 0.3) is 0 Å². The highest BCUT2D eigenvalue weighted by Crippen LogP contribution is 2.27. The second kappa shape index (κ2) is 6.86. The van der Waals surface area contributed by atoms with Gasteiger partial charge in [-0.3, -0.25) is 4.79 Å². The van der Waals surface area contributed by atoms with E-state index in [9.17, 15) is 4.79 Å². The third-order valence-corrected chi connectivity index (χ3v) is 4.09. The van der Waals surface area contributed by atoms with Crippen molar-refractivity contribution >= 4 is 23.2 Å². The van der Waals surface area contributed by atoms with Crippen molar-refractivity contribution in [2.75, 3.05) is 5.32 Å². The van der Waals surface area contributed by atoms with Crippen LogP contribution in [0.2, 0.25) is 5.02 Å². The first-order valence-electron chi connectivity index (χ1n) is 7.95. The number of nitrogens with one attached hydrogen (secondary N) is 1. The molecule has 2 aromatic rings. The maximum absolute atomic E-state index is 12.5. The number of ether oxygens (including phenoxy) is 1.